The van der Waals surface area contributed by atoms with Gasteiger partial charge >= 0.3 is 5.97 Å². The Kier molecular flexibility index (Phi) is 4.59. The third-order valence-electron chi connectivity index (χ3n) is 8.61. The number of Topliss-reactive ketones (excluding diaryl/α,β-unsaturated/α-hetero) is 2. The largest absolute Gasteiger partial charge is 0.466 e. The van der Waals surface area contributed by atoms with E-state index in [1.807, 2.05) is 0 Å². The fourth-order valence-corrected chi connectivity index (χ4v) is 7.18. The van der Waals surface area contributed by atoms with Crippen LogP contribution in [-0.4, -0.2) is 24.1 Å². The maximum Gasteiger partial charge on any atom is 0.302 e. The Balaban J connectivity index is 1.63. The number of carbonyl (C=O) groups excluding carboxylic acids is 3. The lowest BCUT2D eigenvalue weighted by atomic mass is 9.47. The van der Waals surface area contributed by atoms with E-state index in [0.717, 1.165) is 50.5 Å². The molecule has 4 aliphatic rings. The predicted octanol–water partition coefficient (Wildman–Crippen LogP) is 4.41. The summed E-state index contributed by atoms with van der Waals surface area (Å²) in [7, 11) is 0. The van der Waals surface area contributed by atoms with E-state index in [1.165, 1.54) is 12.5 Å². The van der Waals surface area contributed by atoms with Crippen molar-refractivity contribution in [3.05, 3.63) is 11.1 Å². The highest BCUT2D eigenvalue weighted by molar-refractivity contribution is 5.97. The summed E-state index contributed by atoms with van der Waals surface area (Å²) in [6, 6.07) is 0. The molecule has 4 aliphatic carbocycles. The van der Waals surface area contributed by atoms with Crippen LogP contribution in [0.3, 0.4) is 0 Å². The maximum atomic E-state index is 12.7. The van der Waals surface area contributed by atoms with Gasteiger partial charge in [-0.2, -0.15) is 0 Å². The zero-order chi connectivity index (χ0) is 19.4. The molecular weight excluding hydrogens is 340 g/mol. The molecule has 4 heteroatoms. The fraction of sp³-hybridized carbons (Fsp3) is 0.783. The van der Waals surface area contributed by atoms with Crippen LogP contribution in [0.15, 0.2) is 11.1 Å². The highest BCUT2D eigenvalue weighted by Crippen LogP contribution is 2.65. The van der Waals surface area contributed by atoms with E-state index >= 15 is 0 Å². The molecule has 0 aromatic carbocycles. The first kappa shape index (κ1) is 18.9. The Labute approximate surface area is 162 Å². The number of ketones is 2. The number of hydrogen-bond acceptors (Lipinski definition) is 4. The summed E-state index contributed by atoms with van der Waals surface area (Å²) in [4.78, 5) is 36.3. The van der Waals surface area contributed by atoms with E-state index in [-0.39, 0.29) is 22.6 Å². The second kappa shape index (κ2) is 6.56. The number of rotatable bonds is 3. The van der Waals surface area contributed by atoms with Gasteiger partial charge in [-0.05, 0) is 67.3 Å². The summed E-state index contributed by atoms with van der Waals surface area (Å²) in [5, 5.41) is 0. The molecule has 148 valence electrons. The van der Waals surface area contributed by atoms with Crippen LogP contribution in [0.25, 0.3) is 0 Å². The molecule has 0 heterocycles. The Bertz CT molecular complexity index is 720. The second-order valence-electron chi connectivity index (χ2n) is 9.72. The predicted molar refractivity (Wildman–Crippen MR) is 102 cm³/mol. The molecule has 0 bridgehead atoms. The zero-order valence-corrected chi connectivity index (χ0v) is 16.9. The van der Waals surface area contributed by atoms with Gasteiger partial charge in [-0.3, -0.25) is 14.4 Å². The third kappa shape index (κ3) is 2.82. The van der Waals surface area contributed by atoms with E-state index in [9.17, 15) is 14.4 Å². The summed E-state index contributed by atoms with van der Waals surface area (Å²) in [6.45, 7) is 6.31. The zero-order valence-electron chi connectivity index (χ0n) is 16.9. The number of hydrogen-bond donors (Lipinski definition) is 0. The minimum Gasteiger partial charge on any atom is -0.466 e. The molecule has 0 aromatic heterocycles. The van der Waals surface area contributed by atoms with Crippen LogP contribution in [0, 0.1) is 28.6 Å². The Morgan fingerprint density at radius 2 is 1.74 bits per heavy atom. The van der Waals surface area contributed by atoms with E-state index < -0.39 is 0 Å². The van der Waals surface area contributed by atoms with Gasteiger partial charge in [0.05, 0.1) is 6.61 Å². The average molecular weight is 373 g/mol. The number of fused-ring (bicyclic) bond motifs is 5. The smallest absolute Gasteiger partial charge is 0.302 e. The minimum absolute atomic E-state index is 0.0787. The van der Waals surface area contributed by atoms with Crippen molar-refractivity contribution in [2.75, 3.05) is 6.61 Å². The molecule has 5 atom stereocenters. The molecule has 0 radical (unpaired) electrons. The summed E-state index contributed by atoms with van der Waals surface area (Å²) >= 11 is 0. The first-order valence-electron chi connectivity index (χ1n) is 10.7. The third-order valence-corrected chi connectivity index (χ3v) is 8.61. The van der Waals surface area contributed by atoms with E-state index in [4.69, 9.17) is 4.74 Å². The van der Waals surface area contributed by atoms with Gasteiger partial charge in [-0.15, -0.1) is 0 Å². The standard InChI is InChI=1S/C23H32O4/c1-14(24)27-13-10-16-18-5-4-15-17-6-7-21(26)23(17,3)11-8-19(15)22(18,2)12-9-20(16)25/h15,17,19H,4-13H2,1-3H3/t15-,17-,19+,22-,23-/m0/s1. The van der Waals surface area contributed by atoms with Gasteiger partial charge in [0.1, 0.15) is 5.78 Å². The normalized spacial score (nSPS) is 41.1. The van der Waals surface area contributed by atoms with Crippen molar-refractivity contribution in [1.82, 2.24) is 0 Å². The number of esters is 1. The van der Waals surface area contributed by atoms with Crippen LogP contribution in [-0.2, 0) is 19.1 Å². The van der Waals surface area contributed by atoms with Crippen molar-refractivity contribution in [1.29, 1.82) is 0 Å². The summed E-state index contributed by atoms with van der Waals surface area (Å²) in [5.41, 5.74) is 2.27. The van der Waals surface area contributed by atoms with Gasteiger partial charge in [-0.1, -0.05) is 19.4 Å². The quantitative estimate of drug-likeness (QED) is 0.689. The van der Waals surface area contributed by atoms with Crippen LogP contribution in [0.2, 0.25) is 0 Å². The highest BCUT2D eigenvalue weighted by atomic mass is 16.5. The van der Waals surface area contributed by atoms with Crippen LogP contribution >= 0.6 is 0 Å². The lowest BCUT2D eigenvalue weighted by molar-refractivity contribution is -0.141. The van der Waals surface area contributed by atoms with E-state index in [1.54, 1.807) is 0 Å². The van der Waals surface area contributed by atoms with Crippen molar-refractivity contribution >= 4 is 17.5 Å². The highest BCUT2D eigenvalue weighted by Gasteiger charge is 2.59. The SMILES string of the molecule is CC(=O)OCCC1=C2CC[C@@H]3[C@@H](CC[C@]4(C)C(=O)CC[C@@H]34)[C@@]2(C)CCC1=O. The molecule has 0 saturated heterocycles. The summed E-state index contributed by atoms with van der Waals surface area (Å²) < 4.78 is 5.13. The Hall–Kier alpha value is -1.45. The molecule has 4 nitrogen and oxygen atoms in total. The van der Waals surface area contributed by atoms with Gasteiger partial charge in [-0.25, -0.2) is 0 Å². The first-order valence-corrected chi connectivity index (χ1v) is 10.7. The van der Waals surface area contributed by atoms with Gasteiger partial charge in [0, 0.05) is 31.6 Å². The average Bonchev–Trinajstić information content (AvgIpc) is 2.92. The molecule has 0 unspecified atom stereocenters. The van der Waals surface area contributed by atoms with Gasteiger partial charge < -0.3 is 4.74 Å². The van der Waals surface area contributed by atoms with Gasteiger partial charge in [0.2, 0.25) is 0 Å². The van der Waals surface area contributed by atoms with Crippen LogP contribution in [0.4, 0.5) is 0 Å². The number of allylic oxidation sites excluding steroid dienone is 1. The van der Waals surface area contributed by atoms with Gasteiger partial charge in [0.25, 0.3) is 0 Å². The Morgan fingerprint density at radius 1 is 1.00 bits per heavy atom. The van der Waals surface area contributed by atoms with Crippen LogP contribution in [0.5, 0.6) is 0 Å². The van der Waals surface area contributed by atoms with Crippen LogP contribution in [0.1, 0.15) is 78.6 Å². The number of carbonyl (C=O) groups is 3. The lowest BCUT2D eigenvalue weighted by Crippen LogP contribution is -2.51. The molecule has 27 heavy (non-hydrogen) atoms. The monoisotopic (exact) mass is 372 g/mol. The van der Waals surface area contributed by atoms with E-state index in [0.29, 0.717) is 43.0 Å². The summed E-state index contributed by atoms with van der Waals surface area (Å²) in [5.74, 6) is 2.19. The summed E-state index contributed by atoms with van der Waals surface area (Å²) in [6.07, 6.45) is 8.12. The van der Waals surface area contributed by atoms with Crippen molar-refractivity contribution in [3.63, 3.8) is 0 Å². The Morgan fingerprint density at radius 3 is 2.48 bits per heavy atom. The van der Waals surface area contributed by atoms with Crippen molar-refractivity contribution < 1.29 is 19.1 Å². The van der Waals surface area contributed by atoms with E-state index in [2.05, 4.69) is 13.8 Å². The molecular formula is C23H32O4. The molecule has 0 amide bonds. The van der Waals surface area contributed by atoms with Crippen molar-refractivity contribution in [3.8, 4) is 0 Å². The minimum atomic E-state index is -0.284. The molecule has 0 N–H and O–H groups in total. The first-order chi connectivity index (χ1) is 12.8. The van der Waals surface area contributed by atoms with Crippen molar-refractivity contribution in [2.24, 2.45) is 28.6 Å². The van der Waals surface area contributed by atoms with Crippen molar-refractivity contribution in [2.45, 2.75) is 78.6 Å². The molecule has 3 saturated carbocycles. The molecule has 3 fully saturated rings. The second-order valence-corrected chi connectivity index (χ2v) is 9.72. The lowest BCUT2D eigenvalue weighted by Gasteiger charge is -2.57. The molecule has 0 aliphatic heterocycles. The van der Waals surface area contributed by atoms with Gasteiger partial charge in [0.15, 0.2) is 5.78 Å². The van der Waals surface area contributed by atoms with Crippen LogP contribution < -0.4 is 0 Å². The maximum absolute atomic E-state index is 12.7. The molecule has 0 aromatic rings. The topological polar surface area (TPSA) is 60.4 Å². The fourth-order valence-electron chi connectivity index (χ4n) is 7.18. The number of ether oxygens (including phenoxy) is 1. The molecule has 0 spiro atoms. The molecule has 4 rings (SSSR count).